The molecule has 0 saturated carbocycles. The number of nitrogen functional groups attached to an aromatic ring is 1. The number of benzene rings is 3. The molecule has 3 aromatic heterocycles. The van der Waals surface area contributed by atoms with Crippen LogP contribution in [0.15, 0.2) is 101 Å². The molecular weight excluding hydrogens is 492 g/mol. The number of hydrogen-bond acceptors (Lipinski definition) is 8. The molecule has 0 saturated heterocycles. The summed E-state index contributed by atoms with van der Waals surface area (Å²) in [7, 11) is 1.63. The summed E-state index contributed by atoms with van der Waals surface area (Å²) >= 11 is 1.64. The number of aromatic nitrogens is 4. The molecule has 0 aliphatic heterocycles. The summed E-state index contributed by atoms with van der Waals surface area (Å²) in [5.41, 5.74) is 12.3. The van der Waals surface area contributed by atoms with Crippen LogP contribution in [0, 0.1) is 6.92 Å². The van der Waals surface area contributed by atoms with Gasteiger partial charge >= 0.3 is 0 Å². The van der Waals surface area contributed by atoms with Gasteiger partial charge < -0.3 is 15.8 Å². The Morgan fingerprint density at radius 3 is 2.47 bits per heavy atom. The van der Waals surface area contributed by atoms with Gasteiger partial charge in [0.2, 0.25) is 0 Å². The van der Waals surface area contributed by atoms with Crippen LogP contribution in [-0.2, 0) is 0 Å². The molecule has 6 rings (SSSR count). The fraction of sp³-hybridized carbons (Fsp3) is 0.0667. The lowest BCUT2D eigenvalue weighted by Crippen LogP contribution is -1.99. The van der Waals surface area contributed by atoms with Crippen LogP contribution in [0.5, 0.6) is 5.75 Å². The molecule has 7 nitrogen and oxygen atoms in total. The molecule has 0 amide bonds. The molecule has 0 bridgehead atoms. The normalized spacial score (nSPS) is 11.1. The zero-order chi connectivity index (χ0) is 26.1. The lowest BCUT2D eigenvalue weighted by Gasteiger charge is -2.12. The third-order valence-electron chi connectivity index (χ3n) is 6.34. The number of nitrogens with two attached hydrogens (primary N) is 1. The third-order valence-corrected chi connectivity index (χ3v) is 7.39. The Balaban J connectivity index is 1.27. The van der Waals surface area contributed by atoms with Crippen LogP contribution in [0.3, 0.4) is 0 Å². The molecule has 0 aliphatic carbocycles. The molecule has 0 fully saturated rings. The Hall–Kier alpha value is -4.69. The average Bonchev–Trinajstić information content (AvgIpc) is 2.95. The number of nitrogens with one attached hydrogen (secondary N) is 1. The molecule has 0 spiro atoms. The van der Waals surface area contributed by atoms with E-state index in [9.17, 15) is 0 Å². The van der Waals surface area contributed by atoms with Crippen molar-refractivity contribution in [2.45, 2.75) is 16.7 Å². The first-order chi connectivity index (χ1) is 18.6. The monoisotopic (exact) mass is 516 g/mol. The van der Waals surface area contributed by atoms with E-state index < -0.39 is 0 Å². The minimum absolute atomic E-state index is 0.689. The second-order valence-corrected chi connectivity index (χ2v) is 9.93. The summed E-state index contributed by atoms with van der Waals surface area (Å²) < 4.78 is 5.28. The van der Waals surface area contributed by atoms with Crippen LogP contribution in [0.1, 0.15) is 5.56 Å². The maximum absolute atomic E-state index is 6.16. The fourth-order valence-electron chi connectivity index (χ4n) is 4.25. The maximum atomic E-state index is 6.16. The number of pyridine rings is 2. The first-order valence-electron chi connectivity index (χ1n) is 12.0. The lowest BCUT2D eigenvalue weighted by atomic mass is 10.0. The van der Waals surface area contributed by atoms with Crippen molar-refractivity contribution in [1.82, 2.24) is 20.2 Å². The molecule has 3 heterocycles. The van der Waals surface area contributed by atoms with E-state index in [1.165, 1.54) is 0 Å². The largest absolute Gasteiger partial charge is 0.495 e. The van der Waals surface area contributed by atoms with Crippen LogP contribution >= 0.6 is 11.8 Å². The second kappa shape index (κ2) is 9.99. The Morgan fingerprint density at radius 1 is 0.868 bits per heavy atom. The van der Waals surface area contributed by atoms with Crippen LogP contribution in [0.4, 0.5) is 17.2 Å². The molecule has 0 radical (unpaired) electrons. The molecule has 8 heteroatoms. The van der Waals surface area contributed by atoms with Crippen molar-refractivity contribution in [3.8, 4) is 17.0 Å². The first kappa shape index (κ1) is 23.7. The highest BCUT2D eigenvalue weighted by molar-refractivity contribution is 7.99. The minimum atomic E-state index is 0.689. The van der Waals surface area contributed by atoms with Gasteiger partial charge in [-0.25, -0.2) is 4.98 Å². The van der Waals surface area contributed by atoms with Gasteiger partial charge in [0.1, 0.15) is 17.0 Å². The van der Waals surface area contributed by atoms with Gasteiger partial charge in [-0.3, -0.25) is 4.98 Å². The van der Waals surface area contributed by atoms with E-state index in [-0.39, 0.29) is 0 Å². The molecule has 38 heavy (non-hydrogen) atoms. The summed E-state index contributed by atoms with van der Waals surface area (Å²) in [5, 5.41) is 14.5. The summed E-state index contributed by atoms with van der Waals surface area (Å²) in [4.78, 5) is 11.1. The predicted molar refractivity (Wildman–Crippen MR) is 154 cm³/mol. The molecule has 0 aliphatic rings. The first-order valence-corrected chi connectivity index (χ1v) is 12.9. The van der Waals surface area contributed by atoms with Crippen molar-refractivity contribution < 1.29 is 4.74 Å². The molecule has 3 aromatic carbocycles. The number of aryl methyl sites for hydroxylation is 1. The maximum Gasteiger partial charge on any atom is 0.161 e. The van der Waals surface area contributed by atoms with Gasteiger partial charge in [0, 0.05) is 49.8 Å². The summed E-state index contributed by atoms with van der Waals surface area (Å²) in [6.07, 6.45) is 3.51. The predicted octanol–water partition coefficient (Wildman–Crippen LogP) is 7.03. The van der Waals surface area contributed by atoms with Gasteiger partial charge in [-0.05, 0) is 48.9 Å². The Morgan fingerprint density at radius 2 is 1.68 bits per heavy atom. The molecule has 0 unspecified atom stereocenters. The minimum Gasteiger partial charge on any atom is -0.495 e. The summed E-state index contributed by atoms with van der Waals surface area (Å²) in [6.45, 7) is 1.99. The standard InChI is InChI=1S/C30H24N6OS/c1-18-7-8-19(15-25(18)31)28-23-5-3-4-6-24(23)30(36-35-28)34-20-9-11-22(12-10-20)38-27-13-14-32-26-16-21(37-2)17-33-29(26)27/h3-17H,31H2,1-2H3,(H,34,36). The molecule has 6 aromatic rings. The number of fused-ring (bicyclic) bond motifs is 2. The highest BCUT2D eigenvalue weighted by atomic mass is 32.2. The average molecular weight is 517 g/mol. The molecule has 0 atom stereocenters. The van der Waals surface area contributed by atoms with Gasteiger partial charge in [0.15, 0.2) is 5.82 Å². The number of nitrogens with zero attached hydrogens (tertiary/aromatic N) is 4. The van der Waals surface area contributed by atoms with Gasteiger partial charge in [0.25, 0.3) is 0 Å². The lowest BCUT2D eigenvalue weighted by molar-refractivity contribution is 0.413. The number of ether oxygens (including phenoxy) is 1. The third kappa shape index (κ3) is 4.57. The van der Waals surface area contributed by atoms with Gasteiger partial charge in [-0.1, -0.05) is 48.2 Å². The SMILES string of the molecule is COc1cnc2c(Sc3ccc(Nc4nnc(-c5ccc(C)c(N)c5)c5ccccc45)cc3)ccnc2c1. The Bertz CT molecular complexity index is 1790. The van der Waals surface area contributed by atoms with E-state index in [2.05, 4.69) is 43.7 Å². The number of hydrogen-bond donors (Lipinski definition) is 2. The van der Waals surface area contributed by atoms with Crippen molar-refractivity contribution in [1.29, 1.82) is 0 Å². The van der Waals surface area contributed by atoms with E-state index in [0.29, 0.717) is 11.6 Å². The number of anilines is 3. The van der Waals surface area contributed by atoms with Crippen LogP contribution in [0.25, 0.3) is 33.1 Å². The fourth-order valence-corrected chi connectivity index (χ4v) is 5.16. The highest BCUT2D eigenvalue weighted by Gasteiger charge is 2.12. The summed E-state index contributed by atoms with van der Waals surface area (Å²) in [6, 6.07) is 26.2. The van der Waals surface area contributed by atoms with Gasteiger partial charge in [0.05, 0.1) is 18.8 Å². The van der Waals surface area contributed by atoms with Gasteiger partial charge in [-0.2, -0.15) is 0 Å². The van der Waals surface area contributed by atoms with E-state index in [1.54, 1.807) is 31.3 Å². The van der Waals surface area contributed by atoms with Crippen LogP contribution in [-0.4, -0.2) is 27.3 Å². The molecule has 186 valence electrons. The van der Waals surface area contributed by atoms with Crippen molar-refractivity contribution in [3.05, 3.63) is 96.8 Å². The topological polar surface area (TPSA) is 98.8 Å². The molecule has 3 N–H and O–H groups in total. The molecular formula is C30H24N6OS. The quantitative estimate of drug-likeness (QED) is 0.228. The zero-order valence-corrected chi connectivity index (χ0v) is 21.7. The highest BCUT2D eigenvalue weighted by Crippen LogP contribution is 2.35. The van der Waals surface area contributed by atoms with Crippen molar-refractivity contribution in [3.63, 3.8) is 0 Å². The van der Waals surface area contributed by atoms with E-state index in [4.69, 9.17) is 10.5 Å². The van der Waals surface area contributed by atoms with E-state index in [1.807, 2.05) is 67.6 Å². The van der Waals surface area contributed by atoms with E-state index in [0.717, 1.165) is 59.8 Å². The Kier molecular flexibility index (Phi) is 6.23. The van der Waals surface area contributed by atoms with Crippen molar-refractivity contribution in [2.75, 3.05) is 18.2 Å². The van der Waals surface area contributed by atoms with Crippen molar-refractivity contribution in [2.24, 2.45) is 0 Å². The van der Waals surface area contributed by atoms with E-state index >= 15 is 0 Å². The number of methoxy groups -OCH3 is 1. The Labute approximate surface area is 224 Å². The van der Waals surface area contributed by atoms with Crippen molar-refractivity contribution >= 4 is 50.8 Å². The second-order valence-electron chi connectivity index (χ2n) is 8.82. The number of rotatable bonds is 6. The van der Waals surface area contributed by atoms with Gasteiger partial charge in [-0.15, -0.1) is 10.2 Å². The van der Waals surface area contributed by atoms with Crippen LogP contribution < -0.4 is 15.8 Å². The smallest absolute Gasteiger partial charge is 0.161 e. The van der Waals surface area contributed by atoms with Crippen LogP contribution in [0.2, 0.25) is 0 Å². The zero-order valence-electron chi connectivity index (χ0n) is 20.8. The summed E-state index contributed by atoms with van der Waals surface area (Å²) in [5.74, 6) is 1.39.